The molecule has 106 valence electrons. The minimum absolute atomic E-state index is 0.129. The molecule has 0 radical (unpaired) electrons. The number of nitrogens with zero attached hydrogens (tertiary/aromatic N) is 1. The number of aryl methyl sites for hydroxylation is 1. The van der Waals surface area contributed by atoms with E-state index >= 15 is 0 Å². The molecule has 0 spiro atoms. The molecule has 1 aromatic heterocycles. The number of anilines is 1. The van der Waals surface area contributed by atoms with Crippen LogP contribution in [-0.2, 0) is 11.3 Å². The number of benzene rings is 1. The van der Waals surface area contributed by atoms with E-state index in [-0.39, 0.29) is 25.5 Å². The SMILES string of the molecule is Cc1cnc(CNC(=O)CCOc2ccccc2N)o1. The summed E-state index contributed by atoms with van der Waals surface area (Å²) in [7, 11) is 0. The topological polar surface area (TPSA) is 90.4 Å². The van der Waals surface area contributed by atoms with Gasteiger partial charge >= 0.3 is 0 Å². The molecule has 1 amide bonds. The summed E-state index contributed by atoms with van der Waals surface area (Å²) >= 11 is 0. The first-order valence-electron chi connectivity index (χ1n) is 6.30. The summed E-state index contributed by atoms with van der Waals surface area (Å²) < 4.78 is 10.7. The van der Waals surface area contributed by atoms with Gasteiger partial charge in [-0.2, -0.15) is 0 Å². The van der Waals surface area contributed by atoms with E-state index in [1.165, 1.54) is 0 Å². The van der Waals surface area contributed by atoms with Crippen LogP contribution in [0.5, 0.6) is 5.75 Å². The zero-order valence-electron chi connectivity index (χ0n) is 11.3. The van der Waals surface area contributed by atoms with E-state index in [1.807, 2.05) is 12.1 Å². The quantitative estimate of drug-likeness (QED) is 0.782. The maximum atomic E-state index is 11.6. The van der Waals surface area contributed by atoms with Crippen molar-refractivity contribution < 1.29 is 13.9 Å². The zero-order chi connectivity index (χ0) is 14.4. The van der Waals surface area contributed by atoms with Crippen molar-refractivity contribution in [1.82, 2.24) is 10.3 Å². The van der Waals surface area contributed by atoms with Gasteiger partial charge in [0.2, 0.25) is 11.8 Å². The van der Waals surface area contributed by atoms with E-state index in [4.69, 9.17) is 14.9 Å². The molecular formula is C14H17N3O3. The number of para-hydroxylation sites is 2. The summed E-state index contributed by atoms with van der Waals surface area (Å²) in [5.74, 6) is 1.67. The number of nitrogens with one attached hydrogen (secondary N) is 1. The van der Waals surface area contributed by atoms with Gasteiger partial charge in [0.15, 0.2) is 0 Å². The highest BCUT2D eigenvalue weighted by Gasteiger charge is 2.06. The molecule has 1 heterocycles. The van der Waals surface area contributed by atoms with Gasteiger partial charge in [-0.1, -0.05) is 12.1 Å². The van der Waals surface area contributed by atoms with Gasteiger partial charge in [0.25, 0.3) is 0 Å². The number of hydrogen-bond donors (Lipinski definition) is 2. The smallest absolute Gasteiger partial charge is 0.223 e. The van der Waals surface area contributed by atoms with Gasteiger partial charge in [0, 0.05) is 0 Å². The highest BCUT2D eigenvalue weighted by Crippen LogP contribution is 2.19. The average molecular weight is 275 g/mol. The Labute approximate surface area is 116 Å². The monoisotopic (exact) mass is 275 g/mol. The largest absolute Gasteiger partial charge is 0.491 e. The second-order valence-electron chi connectivity index (χ2n) is 4.28. The normalized spacial score (nSPS) is 10.2. The molecular weight excluding hydrogens is 258 g/mol. The van der Waals surface area contributed by atoms with Crippen molar-refractivity contribution in [3.8, 4) is 5.75 Å². The summed E-state index contributed by atoms with van der Waals surface area (Å²) in [5.41, 5.74) is 6.29. The van der Waals surface area contributed by atoms with E-state index in [2.05, 4.69) is 10.3 Å². The molecule has 0 atom stereocenters. The molecule has 2 aromatic rings. The molecule has 0 saturated heterocycles. The summed E-state index contributed by atoms with van der Waals surface area (Å²) in [6, 6.07) is 7.17. The van der Waals surface area contributed by atoms with E-state index in [0.29, 0.717) is 17.3 Å². The van der Waals surface area contributed by atoms with Gasteiger partial charge in [-0.25, -0.2) is 4.98 Å². The van der Waals surface area contributed by atoms with Gasteiger partial charge < -0.3 is 20.2 Å². The third-order valence-corrected chi connectivity index (χ3v) is 2.61. The number of rotatable bonds is 6. The van der Waals surface area contributed by atoms with Crippen molar-refractivity contribution in [1.29, 1.82) is 0 Å². The fraction of sp³-hybridized carbons (Fsp3) is 0.286. The number of hydrogen-bond acceptors (Lipinski definition) is 5. The van der Waals surface area contributed by atoms with Crippen LogP contribution in [0.1, 0.15) is 18.1 Å². The predicted molar refractivity (Wildman–Crippen MR) is 74.1 cm³/mol. The second-order valence-corrected chi connectivity index (χ2v) is 4.28. The Morgan fingerprint density at radius 2 is 2.25 bits per heavy atom. The summed E-state index contributed by atoms with van der Waals surface area (Å²) in [4.78, 5) is 15.6. The van der Waals surface area contributed by atoms with Crippen LogP contribution in [0.4, 0.5) is 5.69 Å². The molecule has 0 bridgehead atoms. The third kappa shape index (κ3) is 4.01. The molecule has 0 aliphatic heterocycles. The van der Waals surface area contributed by atoms with E-state index in [1.54, 1.807) is 25.3 Å². The number of carbonyl (C=O) groups excluding carboxylic acids is 1. The van der Waals surface area contributed by atoms with Crippen molar-refractivity contribution >= 4 is 11.6 Å². The molecule has 2 rings (SSSR count). The molecule has 0 unspecified atom stereocenters. The lowest BCUT2D eigenvalue weighted by Gasteiger charge is -2.08. The number of carbonyl (C=O) groups is 1. The van der Waals surface area contributed by atoms with E-state index in [9.17, 15) is 4.79 Å². The van der Waals surface area contributed by atoms with Gasteiger partial charge in [0.05, 0.1) is 31.5 Å². The van der Waals surface area contributed by atoms with Crippen molar-refractivity contribution in [2.24, 2.45) is 0 Å². The second kappa shape index (κ2) is 6.60. The molecule has 20 heavy (non-hydrogen) atoms. The maximum absolute atomic E-state index is 11.6. The van der Waals surface area contributed by atoms with E-state index < -0.39 is 0 Å². The van der Waals surface area contributed by atoms with Gasteiger partial charge in [-0.3, -0.25) is 4.79 Å². The Balaban J connectivity index is 1.69. The number of ether oxygens (including phenoxy) is 1. The first kappa shape index (κ1) is 13.9. The Bertz CT molecular complexity index is 581. The van der Waals surface area contributed by atoms with Crippen LogP contribution in [0.3, 0.4) is 0 Å². The predicted octanol–water partition coefficient (Wildman–Crippen LogP) is 1.65. The van der Waals surface area contributed by atoms with Crippen LogP contribution < -0.4 is 15.8 Å². The number of aromatic nitrogens is 1. The first-order chi connectivity index (χ1) is 9.65. The number of oxazole rings is 1. The lowest BCUT2D eigenvalue weighted by Crippen LogP contribution is -2.24. The van der Waals surface area contributed by atoms with Gasteiger partial charge in [0.1, 0.15) is 11.5 Å². The van der Waals surface area contributed by atoms with Crippen molar-refractivity contribution in [2.45, 2.75) is 19.9 Å². The molecule has 6 heteroatoms. The summed E-state index contributed by atoms with van der Waals surface area (Å²) in [6.07, 6.45) is 1.86. The van der Waals surface area contributed by atoms with Crippen LogP contribution in [0.15, 0.2) is 34.9 Å². The number of nitrogen functional groups attached to an aromatic ring is 1. The van der Waals surface area contributed by atoms with Gasteiger partial charge in [-0.15, -0.1) is 0 Å². The van der Waals surface area contributed by atoms with Crippen LogP contribution in [-0.4, -0.2) is 17.5 Å². The molecule has 0 fully saturated rings. The van der Waals surface area contributed by atoms with Crippen LogP contribution >= 0.6 is 0 Å². The Hall–Kier alpha value is -2.50. The Kier molecular flexibility index (Phi) is 4.60. The Morgan fingerprint density at radius 3 is 2.95 bits per heavy atom. The third-order valence-electron chi connectivity index (χ3n) is 2.61. The van der Waals surface area contributed by atoms with Crippen LogP contribution in [0.25, 0.3) is 0 Å². The number of amides is 1. The first-order valence-corrected chi connectivity index (χ1v) is 6.30. The lowest BCUT2D eigenvalue weighted by molar-refractivity contribution is -0.121. The highest BCUT2D eigenvalue weighted by molar-refractivity contribution is 5.75. The zero-order valence-corrected chi connectivity index (χ0v) is 11.3. The van der Waals surface area contributed by atoms with E-state index in [0.717, 1.165) is 5.76 Å². The minimum atomic E-state index is -0.129. The minimum Gasteiger partial charge on any atom is -0.491 e. The molecule has 0 aliphatic carbocycles. The van der Waals surface area contributed by atoms with Crippen molar-refractivity contribution in [3.05, 3.63) is 42.1 Å². The molecule has 6 nitrogen and oxygen atoms in total. The lowest BCUT2D eigenvalue weighted by atomic mass is 10.3. The standard InChI is InChI=1S/C14H17N3O3/c1-10-8-17-14(20-10)9-16-13(18)6-7-19-12-5-3-2-4-11(12)15/h2-5,8H,6-7,9,15H2,1H3,(H,16,18). The Morgan fingerprint density at radius 1 is 1.45 bits per heavy atom. The summed E-state index contributed by atoms with van der Waals surface area (Å²) in [5, 5.41) is 2.71. The van der Waals surface area contributed by atoms with Crippen molar-refractivity contribution in [2.75, 3.05) is 12.3 Å². The fourth-order valence-electron chi connectivity index (χ4n) is 1.61. The fourth-order valence-corrected chi connectivity index (χ4v) is 1.61. The van der Waals surface area contributed by atoms with Crippen LogP contribution in [0.2, 0.25) is 0 Å². The molecule has 1 aromatic carbocycles. The van der Waals surface area contributed by atoms with Crippen molar-refractivity contribution in [3.63, 3.8) is 0 Å². The average Bonchev–Trinajstić information content (AvgIpc) is 2.84. The molecule has 3 N–H and O–H groups in total. The number of nitrogens with two attached hydrogens (primary N) is 1. The molecule has 0 aliphatic rings. The van der Waals surface area contributed by atoms with Crippen LogP contribution in [0, 0.1) is 6.92 Å². The van der Waals surface area contributed by atoms with Gasteiger partial charge in [-0.05, 0) is 19.1 Å². The highest BCUT2D eigenvalue weighted by atomic mass is 16.5. The maximum Gasteiger partial charge on any atom is 0.223 e. The summed E-state index contributed by atoms with van der Waals surface area (Å²) in [6.45, 7) is 2.35. The molecule has 0 saturated carbocycles.